The van der Waals surface area contributed by atoms with Gasteiger partial charge in [-0.15, -0.1) is 5.10 Å². The lowest BCUT2D eigenvalue weighted by Crippen LogP contribution is -2.10. The highest BCUT2D eigenvalue weighted by molar-refractivity contribution is 9.10. The molecule has 0 atom stereocenters. The summed E-state index contributed by atoms with van der Waals surface area (Å²) in [6, 6.07) is 3.47. The lowest BCUT2D eigenvalue weighted by atomic mass is 10.3. The van der Waals surface area contributed by atoms with Crippen LogP contribution in [0.15, 0.2) is 22.9 Å². The van der Waals surface area contributed by atoms with Crippen molar-refractivity contribution in [3.8, 4) is 5.82 Å². The first-order chi connectivity index (χ1) is 7.88. The predicted molar refractivity (Wildman–Crippen MR) is 56.3 cm³/mol. The summed E-state index contributed by atoms with van der Waals surface area (Å²) < 4.78 is 38.6. The second-order valence-electron chi connectivity index (χ2n) is 3.03. The van der Waals surface area contributed by atoms with E-state index in [0.29, 0.717) is 0 Å². The highest BCUT2D eigenvalue weighted by atomic mass is 79.9. The molecule has 2 rings (SSSR count). The summed E-state index contributed by atoms with van der Waals surface area (Å²) in [6.07, 6.45) is -4.51. The van der Waals surface area contributed by atoms with Gasteiger partial charge in [-0.1, -0.05) is 6.07 Å². The highest BCUT2D eigenvalue weighted by Crippen LogP contribution is 2.28. The van der Waals surface area contributed by atoms with E-state index in [0.717, 1.165) is 10.7 Å². The number of alkyl halides is 3. The van der Waals surface area contributed by atoms with E-state index in [9.17, 15) is 13.2 Å². The molecule has 9 heteroatoms. The highest BCUT2D eigenvalue weighted by Gasteiger charge is 2.32. The molecule has 0 spiro atoms. The summed E-state index contributed by atoms with van der Waals surface area (Å²) in [5.41, 5.74) is 4.31. The number of nitrogens with zero attached hydrogens (tertiary/aromatic N) is 4. The zero-order chi connectivity index (χ0) is 12.6. The molecule has 0 radical (unpaired) electrons. The van der Waals surface area contributed by atoms with E-state index in [4.69, 9.17) is 5.73 Å². The molecule has 0 fully saturated rings. The molecular weight excluding hydrogens is 303 g/mol. The van der Waals surface area contributed by atoms with Crippen LogP contribution in [0.2, 0.25) is 0 Å². The van der Waals surface area contributed by atoms with Crippen molar-refractivity contribution >= 4 is 21.9 Å². The lowest BCUT2D eigenvalue weighted by molar-refractivity contribution is -0.141. The van der Waals surface area contributed by atoms with Crippen molar-refractivity contribution in [3.05, 3.63) is 28.6 Å². The van der Waals surface area contributed by atoms with Crippen LogP contribution in [0.1, 0.15) is 5.69 Å². The number of rotatable bonds is 1. The standard InChI is InChI=1S/C8H5BrF3N5/c9-6-15-7(13)16-17(6)5-3-1-2-4(14-5)8(10,11)12/h1-3H,(H2,13,16). The third-order valence-corrected chi connectivity index (χ3v) is 2.34. The van der Waals surface area contributed by atoms with Gasteiger partial charge in [0.25, 0.3) is 0 Å². The zero-order valence-electron chi connectivity index (χ0n) is 8.11. The number of pyridine rings is 1. The summed E-state index contributed by atoms with van der Waals surface area (Å²) in [5.74, 6) is -0.0769. The third-order valence-electron chi connectivity index (χ3n) is 1.83. The number of halogens is 4. The molecule has 0 unspecified atom stereocenters. The second-order valence-corrected chi connectivity index (χ2v) is 3.74. The molecule has 2 N–H and O–H groups in total. The van der Waals surface area contributed by atoms with Crippen LogP contribution in [-0.2, 0) is 6.18 Å². The molecule has 0 aliphatic rings. The van der Waals surface area contributed by atoms with Crippen LogP contribution in [0.3, 0.4) is 0 Å². The van der Waals surface area contributed by atoms with Gasteiger partial charge in [0.1, 0.15) is 5.69 Å². The molecule has 2 heterocycles. The van der Waals surface area contributed by atoms with E-state index in [1.165, 1.54) is 12.1 Å². The summed E-state index contributed by atoms with van der Waals surface area (Å²) in [4.78, 5) is 7.14. The Bertz CT molecular complexity index is 550. The van der Waals surface area contributed by atoms with Crippen molar-refractivity contribution in [2.75, 3.05) is 5.73 Å². The van der Waals surface area contributed by atoms with E-state index in [-0.39, 0.29) is 16.5 Å². The number of aromatic nitrogens is 4. The second kappa shape index (κ2) is 3.99. The first kappa shape index (κ1) is 11.8. The van der Waals surface area contributed by atoms with Gasteiger partial charge in [0, 0.05) is 0 Å². The minimum Gasteiger partial charge on any atom is -0.366 e. The van der Waals surface area contributed by atoms with Crippen LogP contribution in [0.5, 0.6) is 0 Å². The topological polar surface area (TPSA) is 69.6 Å². The van der Waals surface area contributed by atoms with Crippen molar-refractivity contribution in [1.82, 2.24) is 19.7 Å². The Morgan fingerprint density at radius 2 is 1.94 bits per heavy atom. The van der Waals surface area contributed by atoms with Crippen molar-refractivity contribution in [2.45, 2.75) is 6.18 Å². The molecular formula is C8H5BrF3N5. The Morgan fingerprint density at radius 3 is 2.47 bits per heavy atom. The van der Waals surface area contributed by atoms with Crippen molar-refractivity contribution in [2.24, 2.45) is 0 Å². The number of anilines is 1. The number of hydrogen-bond acceptors (Lipinski definition) is 4. The van der Waals surface area contributed by atoms with Crippen LogP contribution in [0.4, 0.5) is 19.1 Å². The molecule has 0 aliphatic heterocycles. The van der Waals surface area contributed by atoms with Gasteiger partial charge in [-0.25, -0.2) is 4.98 Å². The van der Waals surface area contributed by atoms with Gasteiger partial charge in [-0.3, -0.25) is 0 Å². The average molecular weight is 308 g/mol. The monoisotopic (exact) mass is 307 g/mol. The molecule has 0 aromatic carbocycles. The molecule has 2 aromatic rings. The fraction of sp³-hybridized carbons (Fsp3) is 0.125. The molecule has 0 aliphatic carbocycles. The Hall–Kier alpha value is -1.64. The van der Waals surface area contributed by atoms with Gasteiger partial charge in [-0.05, 0) is 28.1 Å². The summed E-state index contributed by atoms with van der Waals surface area (Å²) in [5, 5.41) is 3.71. The van der Waals surface area contributed by atoms with E-state index in [2.05, 4.69) is 31.0 Å². The first-order valence-electron chi connectivity index (χ1n) is 4.30. The summed E-state index contributed by atoms with van der Waals surface area (Å²) in [7, 11) is 0. The van der Waals surface area contributed by atoms with Crippen molar-refractivity contribution in [1.29, 1.82) is 0 Å². The van der Waals surface area contributed by atoms with Crippen molar-refractivity contribution < 1.29 is 13.2 Å². The van der Waals surface area contributed by atoms with Gasteiger partial charge in [-0.2, -0.15) is 22.8 Å². The Morgan fingerprint density at radius 1 is 1.24 bits per heavy atom. The van der Waals surface area contributed by atoms with Gasteiger partial charge in [0.2, 0.25) is 10.7 Å². The minimum absolute atomic E-state index is 0.0177. The number of hydrogen-bond donors (Lipinski definition) is 1. The third kappa shape index (κ3) is 2.38. The maximum absolute atomic E-state index is 12.4. The first-order valence-corrected chi connectivity index (χ1v) is 5.10. The maximum Gasteiger partial charge on any atom is 0.433 e. The molecule has 2 aromatic heterocycles. The van der Waals surface area contributed by atoms with Gasteiger partial charge < -0.3 is 5.73 Å². The van der Waals surface area contributed by atoms with E-state index >= 15 is 0 Å². The normalized spacial score (nSPS) is 11.8. The average Bonchev–Trinajstić information content (AvgIpc) is 2.57. The SMILES string of the molecule is Nc1nc(Br)n(-c2cccc(C(F)(F)F)n2)n1. The van der Waals surface area contributed by atoms with E-state index in [1.807, 2.05) is 0 Å². The van der Waals surface area contributed by atoms with E-state index < -0.39 is 11.9 Å². The molecule has 5 nitrogen and oxygen atoms in total. The van der Waals surface area contributed by atoms with Gasteiger partial charge in [0.05, 0.1) is 0 Å². The molecule has 0 bridgehead atoms. The Balaban J connectivity index is 2.50. The fourth-order valence-electron chi connectivity index (χ4n) is 1.15. The van der Waals surface area contributed by atoms with Crippen LogP contribution in [0.25, 0.3) is 5.82 Å². The molecule has 17 heavy (non-hydrogen) atoms. The smallest absolute Gasteiger partial charge is 0.366 e. The summed E-state index contributed by atoms with van der Waals surface area (Å²) >= 11 is 3.02. The quantitative estimate of drug-likeness (QED) is 0.875. The summed E-state index contributed by atoms with van der Waals surface area (Å²) in [6.45, 7) is 0. The number of nitrogen functional groups attached to an aromatic ring is 1. The zero-order valence-corrected chi connectivity index (χ0v) is 9.70. The Labute approximate surface area is 102 Å². The van der Waals surface area contributed by atoms with Crippen LogP contribution >= 0.6 is 15.9 Å². The lowest BCUT2D eigenvalue weighted by Gasteiger charge is -2.07. The van der Waals surface area contributed by atoms with Crippen molar-refractivity contribution in [3.63, 3.8) is 0 Å². The minimum atomic E-state index is -4.51. The van der Waals surface area contributed by atoms with Crippen LogP contribution in [0, 0.1) is 0 Å². The Kier molecular flexibility index (Phi) is 2.77. The van der Waals surface area contributed by atoms with Crippen LogP contribution in [-0.4, -0.2) is 19.7 Å². The molecule has 0 saturated heterocycles. The largest absolute Gasteiger partial charge is 0.433 e. The molecule has 0 amide bonds. The van der Waals surface area contributed by atoms with Gasteiger partial charge in [0.15, 0.2) is 5.82 Å². The molecule has 0 saturated carbocycles. The maximum atomic E-state index is 12.4. The van der Waals surface area contributed by atoms with E-state index in [1.54, 1.807) is 0 Å². The molecule has 90 valence electrons. The van der Waals surface area contributed by atoms with Crippen LogP contribution < -0.4 is 5.73 Å². The predicted octanol–water partition coefficient (Wildman–Crippen LogP) is 2.03. The fourth-order valence-corrected chi connectivity index (χ4v) is 1.60. The number of nitrogens with two attached hydrogens (primary N) is 1. The van der Waals surface area contributed by atoms with Gasteiger partial charge >= 0.3 is 6.18 Å².